The van der Waals surface area contributed by atoms with Crippen molar-refractivity contribution in [2.45, 2.75) is 38.0 Å². The van der Waals surface area contributed by atoms with Gasteiger partial charge in [-0.1, -0.05) is 12.8 Å². The first kappa shape index (κ1) is 13.7. The number of piperazine rings is 1. The highest BCUT2D eigenvalue weighted by Crippen LogP contribution is 2.26. The summed E-state index contributed by atoms with van der Waals surface area (Å²) >= 11 is 5.77. The van der Waals surface area contributed by atoms with E-state index in [1.165, 1.54) is 25.7 Å². The number of hydrogen-bond acceptors (Lipinski definition) is 2. The van der Waals surface area contributed by atoms with Crippen LogP contribution in [0, 0.1) is 5.92 Å². The van der Waals surface area contributed by atoms with Crippen LogP contribution in [0.15, 0.2) is 0 Å². The van der Waals surface area contributed by atoms with E-state index in [1.807, 2.05) is 4.90 Å². The van der Waals surface area contributed by atoms with Crippen LogP contribution in [0.4, 0.5) is 0 Å². The first-order chi connectivity index (χ1) is 8.58. The summed E-state index contributed by atoms with van der Waals surface area (Å²) in [6, 6.07) is 0. The third-order valence-electron chi connectivity index (χ3n) is 3.92. The predicted octanol–water partition coefficient (Wildman–Crippen LogP) is 1.47. The van der Waals surface area contributed by atoms with Gasteiger partial charge >= 0.3 is 0 Å². The van der Waals surface area contributed by atoms with Gasteiger partial charge in [0.05, 0.1) is 6.54 Å². The Morgan fingerprint density at radius 1 is 1.39 bits per heavy atom. The van der Waals surface area contributed by atoms with Crippen LogP contribution < -0.4 is 0 Å². The van der Waals surface area contributed by atoms with Crippen LogP contribution >= 0.6 is 11.6 Å². The maximum Gasteiger partial charge on any atom is 0.242 e. The van der Waals surface area contributed by atoms with Crippen LogP contribution in [-0.4, -0.2) is 53.2 Å². The molecule has 5 heteroatoms. The van der Waals surface area contributed by atoms with E-state index in [-0.39, 0.29) is 18.4 Å². The highest BCUT2D eigenvalue weighted by Gasteiger charge is 2.30. The van der Waals surface area contributed by atoms with Crippen molar-refractivity contribution in [1.82, 2.24) is 9.80 Å². The van der Waals surface area contributed by atoms with Gasteiger partial charge in [0.1, 0.15) is 5.38 Å². The molecule has 2 aliphatic rings. The van der Waals surface area contributed by atoms with Gasteiger partial charge in [0, 0.05) is 19.6 Å². The predicted molar refractivity (Wildman–Crippen MR) is 70.4 cm³/mol. The van der Waals surface area contributed by atoms with Gasteiger partial charge in [-0.2, -0.15) is 0 Å². The molecule has 0 radical (unpaired) electrons. The third kappa shape index (κ3) is 3.16. The third-order valence-corrected chi connectivity index (χ3v) is 4.11. The maximum absolute atomic E-state index is 12.0. The largest absolute Gasteiger partial charge is 0.339 e. The normalized spacial score (nSPS) is 23.6. The molecule has 2 rings (SSSR count). The molecule has 18 heavy (non-hydrogen) atoms. The van der Waals surface area contributed by atoms with Crippen molar-refractivity contribution in [3.63, 3.8) is 0 Å². The number of nitrogens with zero attached hydrogens (tertiary/aromatic N) is 2. The summed E-state index contributed by atoms with van der Waals surface area (Å²) in [5.74, 6) is 0.604. The minimum Gasteiger partial charge on any atom is -0.339 e. The number of amides is 2. The van der Waals surface area contributed by atoms with E-state index in [1.54, 1.807) is 11.8 Å². The van der Waals surface area contributed by atoms with E-state index in [0.29, 0.717) is 19.0 Å². The molecule has 2 fully saturated rings. The lowest BCUT2D eigenvalue weighted by atomic mass is 10.1. The highest BCUT2D eigenvalue weighted by molar-refractivity contribution is 6.30. The number of alkyl halides is 1. The number of carbonyl (C=O) groups is 2. The molecule has 1 aliphatic heterocycles. The molecule has 1 atom stereocenters. The summed E-state index contributed by atoms with van der Waals surface area (Å²) in [5, 5.41) is -0.542. The van der Waals surface area contributed by atoms with Gasteiger partial charge in [0.2, 0.25) is 11.8 Å². The molecule has 1 saturated heterocycles. The molecule has 0 aromatic carbocycles. The fraction of sp³-hybridized carbons (Fsp3) is 0.846. The Hall–Kier alpha value is -0.770. The minimum atomic E-state index is -0.542. The second-order valence-corrected chi connectivity index (χ2v) is 6.02. The maximum atomic E-state index is 12.0. The molecule has 1 saturated carbocycles. The molecule has 102 valence electrons. The van der Waals surface area contributed by atoms with Gasteiger partial charge in [-0.05, 0) is 25.7 Å². The molecule has 4 nitrogen and oxygen atoms in total. The van der Waals surface area contributed by atoms with Gasteiger partial charge < -0.3 is 9.80 Å². The summed E-state index contributed by atoms with van der Waals surface area (Å²) in [4.78, 5) is 27.2. The topological polar surface area (TPSA) is 40.6 Å². The smallest absolute Gasteiger partial charge is 0.242 e. The zero-order chi connectivity index (χ0) is 13.1. The van der Waals surface area contributed by atoms with Crippen molar-refractivity contribution in [2.75, 3.05) is 26.2 Å². The quantitative estimate of drug-likeness (QED) is 0.730. The van der Waals surface area contributed by atoms with Crippen LogP contribution in [-0.2, 0) is 9.59 Å². The second kappa shape index (κ2) is 5.91. The molecule has 2 amide bonds. The molecule has 1 heterocycles. The summed E-state index contributed by atoms with van der Waals surface area (Å²) < 4.78 is 0. The second-order valence-electron chi connectivity index (χ2n) is 5.37. The van der Waals surface area contributed by atoms with Crippen molar-refractivity contribution in [3.8, 4) is 0 Å². The molecular formula is C13H21ClN2O2. The fourth-order valence-corrected chi connectivity index (χ4v) is 2.98. The molecule has 0 aromatic rings. The summed E-state index contributed by atoms with van der Waals surface area (Å²) in [7, 11) is 0. The Morgan fingerprint density at radius 3 is 2.61 bits per heavy atom. The van der Waals surface area contributed by atoms with E-state index >= 15 is 0 Å². The Morgan fingerprint density at radius 2 is 2.06 bits per heavy atom. The molecular weight excluding hydrogens is 252 g/mol. The molecule has 0 N–H and O–H groups in total. The lowest BCUT2D eigenvalue weighted by Gasteiger charge is -2.36. The SMILES string of the molecule is CC(Cl)C(=O)N1CCN(CC2CCCC2)C(=O)C1. The number of rotatable bonds is 3. The van der Waals surface area contributed by atoms with E-state index in [4.69, 9.17) is 11.6 Å². The lowest BCUT2D eigenvalue weighted by Crippen LogP contribution is -2.54. The number of hydrogen-bond donors (Lipinski definition) is 0. The monoisotopic (exact) mass is 272 g/mol. The standard InChI is InChI=1S/C13H21ClN2O2/c1-10(14)13(18)16-7-6-15(12(17)9-16)8-11-4-2-3-5-11/h10-11H,2-9H2,1H3. The molecule has 1 unspecified atom stereocenters. The molecule has 1 aliphatic carbocycles. The first-order valence-corrected chi connectivity index (χ1v) is 7.22. The van der Waals surface area contributed by atoms with Crippen molar-refractivity contribution in [2.24, 2.45) is 5.92 Å². The van der Waals surface area contributed by atoms with Crippen LogP contribution in [0.3, 0.4) is 0 Å². The average molecular weight is 273 g/mol. The van der Waals surface area contributed by atoms with E-state index in [0.717, 1.165) is 6.54 Å². The summed E-state index contributed by atoms with van der Waals surface area (Å²) in [6.07, 6.45) is 5.07. The van der Waals surface area contributed by atoms with Crippen LogP contribution in [0.2, 0.25) is 0 Å². The van der Waals surface area contributed by atoms with Crippen LogP contribution in [0.1, 0.15) is 32.6 Å². The first-order valence-electron chi connectivity index (χ1n) is 6.78. The van der Waals surface area contributed by atoms with Gasteiger partial charge in [-0.25, -0.2) is 0 Å². The fourth-order valence-electron chi connectivity index (χ4n) is 2.85. The van der Waals surface area contributed by atoms with E-state index < -0.39 is 5.38 Å². The Bertz CT molecular complexity index is 327. The summed E-state index contributed by atoms with van der Waals surface area (Å²) in [6.45, 7) is 4.00. The zero-order valence-electron chi connectivity index (χ0n) is 10.9. The van der Waals surface area contributed by atoms with Crippen LogP contribution in [0.25, 0.3) is 0 Å². The lowest BCUT2D eigenvalue weighted by molar-refractivity contribution is -0.145. The van der Waals surface area contributed by atoms with Crippen LogP contribution in [0.5, 0.6) is 0 Å². The average Bonchev–Trinajstić information content (AvgIpc) is 2.83. The van der Waals surface area contributed by atoms with Crippen molar-refractivity contribution >= 4 is 23.4 Å². The minimum absolute atomic E-state index is 0.0683. The Labute approximate surface area is 113 Å². The zero-order valence-corrected chi connectivity index (χ0v) is 11.7. The van der Waals surface area contributed by atoms with Crippen molar-refractivity contribution in [3.05, 3.63) is 0 Å². The summed E-state index contributed by atoms with van der Waals surface area (Å²) in [5.41, 5.74) is 0. The number of halogens is 1. The highest BCUT2D eigenvalue weighted by atomic mass is 35.5. The van der Waals surface area contributed by atoms with Gasteiger partial charge in [0.25, 0.3) is 0 Å². The number of carbonyl (C=O) groups excluding carboxylic acids is 2. The van der Waals surface area contributed by atoms with Gasteiger partial charge in [-0.3, -0.25) is 9.59 Å². The molecule has 0 spiro atoms. The Kier molecular flexibility index (Phi) is 4.49. The Balaban J connectivity index is 1.84. The van der Waals surface area contributed by atoms with E-state index in [2.05, 4.69) is 0 Å². The van der Waals surface area contributed by atoms with Gasteiger partial charge in [0.15, 0.2) is 0 Å². The van der Waals surface area contributed by atoms with E-state index in [9.17, 15) is 9.59 Å². The van der Waals surface area contributed by atoms with Crippen molar-refractivity contribution in [1.29, 1.82) is 0 Å². The van der Waals surface area contributed by atoms with Crippen molar-refractivity contribution < 1.29 is 9.59 Å². The molecule has 0 aromatic heterocycles. The van der Waals surface area contributed by atoms with Gasteiger partial charge in [-0.15, -0.1) is 11.6 Å². The molecule has 0 bridgehead atoms.